The number of para-hydroxylation sites is 1. The van der Waals surface area contributed by atoms with Crippen molar-refractivity contribution < 1.29 is 4.79 Å². The minimum Gasteiger partial charge on any atom is -0.352 e. The highest BCUT2D eigenvalue weighted by molar-refractivity contribution is 7.10. The van der Waals surface area contributed by atoms with E-state index in [0.717, 1.165) is 41.8 Å². The number of carbonyl (C=O) groups is 1. The SMILES string of the molecule is CCc1cc(C(=O)N2CCN(c3ncnc4ccccc34)CC2)cs1. The van der Waals surface area contributed by atoms with Gasteiger partial charge in [-0.3, -0.25) is 4.79 Å². The maximum Gasteiger partial charge on any atom is 0.254 e. The summed E-state index contributed by atoms with van der Waals surface area (Å²) < 4.78 is 0. The van der Waals surface area contributed by atoms with Gasteiger partial charge in [0.05, 0.1) is 11.1 Å². The maximum atomic E-state index is 12.7. The van der Waals surface area contributed by atoms with Gasteiger partial charge in [0.25, 0.3) is 5.91 Å². The average molecular weight is 352 g/mol. The topological polar surface area (TPSA) is 49.3 Å². The zero-order valence-corrected chi connectivity index (χ0v) is 15.0. The van der Waals surface area contributed by atoms with Gasteiger partial charge in [-0.2, -0.15) is 0 Å². The van der Waals surface area contributed by atoms with Crippen molar-refractivity contribution in [2.45, 2.75) is 13.3 Å². The number of carbonyl (C=O) groups excluding carboxylic acids is 1. The number of benzene rings is 1. The van der Waals surface area contributed by atoms with Crippen LogP contribution in [-0.4, -0.2) is 47.0 Å². The number of hydrogen-bond donors (Lipinski definition) is 0. The van der Waals surface area contributed by atoms with Crippen LogP contribution in [0.1, 0.15) is 22.2 Å². The normalized spacial score (nSPS) is 14.9. The maximum absolute atomic E-state index is 12.7. The second kappa shape index (κ2) is 6.80. The summed E-state index contributed by atoms with van der Waals surface area (Å²) in [5.41, 5.74) is 1.78. The molecule has 0 spiro atoms. The van der Waals surface area contributed by atoms with Crippen LogP contribution in [0.5, 0.6) is 0 Å². The molecule has 3 aromatic rings. The highest BCUT2D eigenvalue weighted by atomic mass is 32.1. The Kier molecular flexibility index (Phi) is 4.36. The molecule has 1 saturated heterocycles. The summed E-state index contributed by atoms with van der Waals surface area (Å²) in [6.07, 6.45) is 2.60. The summed E-state index contributed by atoms with van der Waals surface area (Å²) in [6.45, 7) is 5.13. The van der Waals surface area contributed by atoms with Gasteiger partial charge in [0, 0.05) is 41.8 Å². The lowest BCUT2D eigenvalue weighted by Gasteiger charge is -2.35. The first-order valence-electron chi connectivity index (χ1n) is 8.57. The van der Waals surface area contributed by atoms with E-state index in [1.165, 1.54) is 4.88 Å². The van der Waals surface area contributed by atoms with E-state index in [1.807, 2.05) is 34.5 Å². The largest absolute Gasteiger partial charge is 0.352 e. The van der Waals surface area contributed by atoms with Gasteiger partial charge in [-0.05, 0) is 24.6 Å². The van der Waals surface area contributed by atoms with E-state index in [1.54, 1.807) is 17.7 Å². The molecule has 1 aliphatic rings. The highest BCUT2D eigenvalue weighted by Crippen LogP contribution is 2.24. The van der Waals surface area contributed by atoms with E-state index >= 15 is 0 Å². The number of rotatable bonds is 3. The molecule has 5 nitrogen and oxygen atoms in total. The van der Waals surface area contributed by atoms with E-state index in [2.05, 4.69) is 27.9 Å². The van der Waals surface area contributed by atoms with Crippen molar-refractivity contribution in [3.8, 4) is 0 Å². The monoisotopic (exact) mass is 352 g/mol. The molecule has 6 heteroatoms. The Labute approximate surface area is 150 Å². The Hall–Kier alpha value is -2.47. The third kappa shape index (κ3) is 3.09. The molecular weight excluding hydrogens is 332 g/mol. The van der Waals surface area contributed by atoms with Gasteiger partial charge in [0.2, 0.25) is 0 Å². The number of anilines is 1. The third-order valence-electron chi connectivity index (χ3n) is 4.64. The van der Waals surface area contributed by atoms with Crippen LogP contribution in [0.15, 0.2) is 42.0 Å². The van der Waals surface area contributed by atoms with Crippen LogP contribution in [0.25, 0.3) is 10.9 Å². The highest BCUT2D eigenvalue weighted by Gasteiger charge is 2.24. The minimum atomic E-state index is 0.142. The first-order chi connectivity index (χ1) is 12.3. The molecule has 1 amide bonds. The molecule has 0 atom stereocenters. The predicted octanol–water partition coefficient (Wildman–Crippen LogP) is 3.22. The summed E-state index contributed by atoms with van der Waals surface area (Å²) in [6, 6.07) is 10.1. The van der Waals surface area contributed by atoms with E-state index in [0.29, 0.717) is 13.1 Å². The minimum absolute atomic E-state index is 0.142. The predicted molar refractivity (Wildman–Crippen MR) is 101 cm³/mol. The fraction of sp³-hybridized carbons (Fsp3) is 0.316. The fourth-order valence-electron chi connectivity index (χ4n) is 3.22. The van der Waals surface area contributed by atoms with Gasteiger partial charge < -0.3 is 9.80 Å². The molecule has 1 aliphatic heterocycles. The lowest BCUT2D eigenvalue weighted by atomic mass is 10.2. The van der Waals surface area contributed by atoms with Crippen LogP contribution in [0.3, 0.4) is 0 Å². The second-order valence-electron chi connectivity index (χ2n) is 6.15. The number of hydrogen-bond acceptors (Lipinski definition) is 5. The molecule has 0 aliphatic carbocycles. The van der Waals surface area contributed by atoms with Crippen LogP contribution in [-0.2, 0) is 6.42 Å². The Bertz CT molecular complexity index is 894. The Morgan fingerprint density at radius 2 is 1.96 bits per heavy atom. The molecule has 0 unspecified atom stereocenters. The molecule has 0 saturated carbocycles. The number of piperazine rings is 1. The third-order valence-corrected chi connectivity index (χ3v) is 5.72. The molecular formula is C19H20N4OS. The molecule has 128 valence electrons. The molecule has 0 bridgehead atoms. The number of nitrogens with zero attached hydrogens (tertiary/aromatic N) is 4. The Morgan fingerprint density at radius 3 is 2.72 bits per heavy atom. The van der Waals surface area contributed by atoms with Crippen molar-refractivity contribution in [1.29, 1.82) is 0 Å². The molecule has 1 fully saturated rings. The molecule has 0 radical (unpaired) electrons. The second-order valence-corrected chi connectivity index (χ2v) is 7.14. The van der Waals surface area contributed by atoms with Gasteiger partial charge in [-0.25, -0.2) is 9.97 Å². The number of amides is 1. The summed E-state index contributed by atoms with van der Waals surface area (Å²) in [7, 11) is 0. The van der Waals surface area contributed by atoms with E-state index < -0.39 is 0 Å². The van der Waals surface area contributed by atoms with Crippen molar-refractivity contribution in [3.63, 3.8) is 0 Å². The average Bonchev–Trinajstić information content (AvgIpc) is 3.16. The quantitative estimate of drug-likeness (QED) is 0.726. The molecule has 1 aromatic carbocycles. The lowest BCUT2D eigenvalue weighted by molar-refractivity contribution is 0.0747. The lowest BCUT2D eigenvalue weighted by Crippen LogP contribution is -2.49. The van der Waals surface area contributed by atoms with Crippen LogP contribution in [0.4, 0.5) is 5.82 Å². The van der Waals surface area contributed by atoms with Crippen LogP contribution in [0.2, 0.25) is 0 Å². The number of aromatic nitrogens is 2. The molecule has 0 N–H and O–H groups in total. The molecule has 3 heterocycles. The zero-order chi connectivity index (χ0) is 17.2. The van der Waals surface area contributed by atoms with E-state index in [-0.39, 0.29) is 5.91 Å². The van der Waals surface area contributed by atoms with Crippen molar-refractivity contribution in [3.05, 3.63) is 52.5 Å². The van der Waals surface area contributed by atoms with Crippen molar-refractivity contribution in [1.82, 2.24) is 14.9 Å². The molecule has 4 rings (SSSR count). The van der Waals surface area contributed by atoms with Gasteiger partial charge in [0.1, 0.15) is 12.1 Å². The van der Waals surface area contributed by atoms with Crippen molar-refractivity contribution >= 4 is 34.0 Å². The smallest absolute Gasteiger partial charge is 0.254 e. The molecule has 2 aromatic heterocycles. The Morgan fingerprint density at radius 1 is 1.16 bits per heavy atom. The van der Waals surface area contributed by atoms with Crippen LogP contribution in [0, 0.1) is 0 Å². The van der Waals surface area contributed by atoms with Gasteiger partial charge in [-0.1, -0.05) is 19.1 Å². The van der Waals surface area contributed by atoms with Crippen molar-refractivity contribution in [2.75, 3.05) is 31.1 Å². The Balaban J connectivity index is 1.48. The van der Waals surface area contributed by atoms with Gasteiger partial charge in [-0.15, -0.1) is 11.3 Å². The summed E-state index contributed by atoms with van der Waals surface area (Å²) in [5, 5.41) is 3.04. The fourth-order valence-corrected chi connectivity index (χ4v) is 4.03. The first-order valence-corrected chi connectivity index (χ1v) is 9.45. The van der Waals surface area contributed by atoms with Crippen LogP contribution >= 0.6 is 11.3 Å². The van der Waals surface area contributed by atoms with Gasteiger partial charge in [0.15, 0.2) is 0 Å². The van der Waals surface area contributed by atoms with Crippen LogP contribution < -0.4 is 4.90 Å². The number of thiophene rings is 1. The standard InChI is InChI=1S/C19H20N4OS/c1-2-15-11-14(12-25-15)19(24)23-9-7-22(8-10-23)18-16-5-3-4-6-17(16)20-13-21-18/h3-6,11-13H,2,7-10H2,1H3. The summed E-state index contributed by atoms with van der Waals surface area (Å²) in [5.74, 6) is 1.10. The zero-order valence-electron chi connectivity index (χ0n) is 14.2. The van der Waals surface area contributed by atoms with Gasteiger partial charge >= 0.3 is 0 Å². The molecule has 25 heavy (non-hydrogen) atoms. The van der Waals surface area contributed by atoms with E-state index in [9.17, 15) is 4.79 Å². The number of fused-ring (bicyclic) bond motifs is 1. The number of aryl methyl sites for hydroxylation is 1. The summed E-state index contributed by atoms with van der Waals surface area (Å²) >= 11 is 1.67. The summed E-state index contributed by atoms with van der Waals surface area (Å²) in [4.78, 5) is 26.9. The van der Waals surface area contributed by atoms with Crippen molar-refractivity contribution in [2.24, 2.45) is 0 Å². The first kappa shape index (κ1) is 16.0. The van der Waals surface area contributed by atoms with E-state index in [4.69, 9.17) is 0 Å².